The molecule has 0 fully saturated rings. The van der Waals surface area contributed by atoms with Crippen LogP contribution in [0.3, 0.4) is 0 Å². The molecule has 0 heterocycles. The van der Waals surface area contributed by atoms with Gasteiger partial charge < -0.3 is 23.9 Å². The summed E-state index contributed by atoms with van der Waals surface area (Å²) in [6.45, 7) is 1.60. The number of benzene rings is 1. The lowest BCUT2D eigenvalue weighted by molar-refractivity contribution is -0.137. The minimum atomic E-state index is -4.80. The number of hydrogen-bond donors (Lipinski definition) is 3. The van der Waals surface area contributed by atoms with Crippen molar-refractivity contribution in [1.29, 1.82) is 0 Å². The summed E-state index contributed by atoms with van der Waals surface area (Å²) in [7, 11) is -2.23. The number of carboxylic acid groups (broad SMARTS) is 1. The first-order valence-corrected chi connectivity index (χ1v) is 10.8. The molecule has 0 amide bonds. The van der Waals surface area contributed by atoms with Gasteiger partial charge >= 0.3 is 16.4 Å². The van der Waals surface area contributed by atoms with E-state index in [2.05, 4.69) is 0 Å². The topological polar surface area (TPSA) is 140 Å². The molecule has 166 valence electrons. The average molecular weight is 435 g/mol. The molecule has 0 aliphatic carbocycles. The van der Waals surface area contributed by atoms with Gasteiger partial charge in [0.25, 0.3) is 0 Å². The summed E-state index contributed by atoms with van der Waals surface area (Å²) in [5.74, 6) is -1.34. The standard InChI is InChI=1S/C19H30O9S/c1-13-14(11-9-7-5-4-6-8-10-12-15(20)21)17(28-29(23,24)25)19(27-3)18(26-2)16(13)22/h22H,4-12H2,1-3H3,(H,20,21)(H,23,24,25). The number of phenolic OH excluding ortho intramolecular Hbond substituents is 1. The van der Waals surface area contributed by atoms with Crippen LogP contribution >= 0.6 is 0 Å². The Morgan fingerprint density at radius 3 is 1.90 bits per heavy atom. The molecule has 29 heavy (non-hydrogen) atoms. The summed E-state index contributed by atoms with van der Waals surface area (Å²) < 4.78 is 46.7. The Morgan fingerprint density at radius 2 is 1.41 bits per heavy atom. The minimum Gasteiger partial charge on any atom is -0.504 e. The van der Waals surface area contributed by atoms with Crippen LogP contribution in [0.2, 0.25) is 0 Å². The lowest BCUT2D eigenvalue weighted by Gasteiger charge is -2.19. The third-order valence-corrected chi connectivity index (χ3v) is 5.00. The Kier molecular flexibility index (Phi) is 10.0. The fourth-order valence-electron chi connectivity index (χ4n) is 3.16. The van der Waals surface area contributed by atoms with Gasteiger partial charge in [0, 0.05) is 17.5 Å². The van der Waals surface area contributed by atoms with Crippen molar-refractivity contribution in [3.63, 3.8) is 0 Å². The lowest BCUT2D eigenvalue weighted by atomic mass is 9.98. The van der Waals surface area contributed by atoms with Crippen molar-refractivity contribution >= 4 is 16.4 Å². The summed E-state index contributed by atoms with van der Waals surface area (Å²) >= 11 is 0. The van der Waals surface area contributed by atoms with E-state index in [0.29, 0.717) is 30.4 Å². The molecule has 9 nitrogen and oxygen atoms in total. The SMILES string of the molecule is COc1c(O)c(C)c(CCCCCCCCCC(=O)O)c(OS(=O)(=O)O)c1OC. The second-order valence-electron chi connectivity index (χ2n) is 6.73. The third-order valence-electron chi connectivity index (χ3n) is 4.62. The van der Waals surface area contributed by atoms with Gasteiger partial charge in [0.05, 0.1) is 14.2 Å². The smallest absolute Gasteiger partial charge is 0.446 e. The van der Waals surface area contributed by atoms with Gasteiger partial charge in [0.15, 0.2) is 11.5 Å². The molecule has 3 N–H and O–H groups in total. The van der Waals surface area contributed by atoms with Crippen molar-refractivity contribution in [1.82, 2.24) is 0 Å². The first-order chi connectivity index (χ1) is 13.6. The average Bonchev–Trinajstić information content (AvgIpc) is 2.63. The Labute approximate surface area is 171 Å². The second-order valence-corrected chi connectivity index (χ2v) is 7.75. The number of carboxylic acids is 1. The summed E-state index contributed by atoms with van der Waals surface area (Å²) in [6.07, 6.45) is 6.59. The summed E-state index contributed by atoms with van der Waals surface area (Å²) in [5, 5.41) is 19.0. The Balaban J connectivity index is 2.79. The van der Waals surface area contributed by atoms with Crippen LogP contribution in [0.25, 0.3) is 0 Å². The van der Waals surface area contributed by atoms with Crippen LogP contribution in [0.15, 0.2) is 0 Å². The zero-order valence-electron chi connectivity index (χ0n) is 17.1. The molecule has 0 spiro atoms. The molecule has 0 unspecified atom stereocenters. The van der Waals surface area contributed by atoms with Gasteiger partial charge in [0.1, 0.15) is 0 Å². The van der Waals surface area contributed by atoms with Crippen molar-refractivity contribution < 1.29 is 41.6 Å². The van der Waals surface area contributed by atoms with E-state index in [4.69, 9.17) is 23.3 Å². The molecule has 1 rings (SSSR count). The summed E-state index contributed by atoms with van der Waals surface area (Å²) in [6, 6.07) is 0. The van der Waals surface area contributed by atoms with Crippen molar-refractivity contribution in [2.75, 3.05) is 14.2 Å². The molecular weight excluding hydrogens is 404 g/mol. The van der Waals surface area contributed by atoms with E-state index in [1.807, 2.05) is 0 Å². The van der Waals surface area contributed by atoms with Gasteiger partial charge in [-0.15, -0.1) is 0 Å². The molecular formula is C19H30O9S. The van der Waals surface area contributed by atoms with Crippen molar-refractivity contribution in [3.05, 3.63) is 11.1 Å². The molecule has 1 aromatic rings. The Morgan fingerprint density at radius 1 is 0.897 bits per heavy atom. The summed E-state index contributed by atoms with van der Waals surface area (Å²) in [4.78, 5) is 10.5. The van der Waals surface area contributed by atoms with Gasteiger partial charge in [-0.3, -0.25) is 9.35 Å². The van der Waals surface area contributed by atoms with Crippen LogP contribution in [0.1, 0.15) is 62.5 Å². The lowest BCUT2D eigenvalue weighted by Crippen LogP contribution is -2.11. The highest BCUT2D eigenvalue weighted by Gasteiger charge is 2.27. The quantitative estimate of drug-likeness (QED) is 0.296. The Hall–Kier alpha value is -2.20. The first-order valence-electron chi connectivity index (χ1n) is 9.47. The molecule has 1 aromatic carbocycles. The highest BCUT2D eigenvalue weighted by atomic mass is 32.3. The van der Waals surface area contributed by atoms with Crippen LogP contribution in [0.4, 0.5) is 0 Å². The molecule has 0 radical (unpaired) electrons. The van der Waals surface area contributed by atoms with E-state index >= 15 is 0 Å². The highest BCUT2D eigenvalue weighted by Crippen LogP contribution is 2.49. The number of carbonyl (C=O) groups is 1. The minimum absolute atomic E-state index is 0.0752. The van der Waals surface area contributed by atoms with Crippen molar-refractivity contribution in [2.24, 2.45) is 0 Å². The number of unbranched alkanes of at least 4 members (excludes halogenated alkanes) is 6. The van der Waals surface area contributed by atoms with E-state index in [0.717, 1.165) is 32.1 Å². The first kappa shape index (κ1) is 24.8. The number of methoxy groups -OCH3 is 2. The van der Waals surface area contributed by atoms with Crippen LogP contribution < -0.4 is 13.7 Å². The number of hydrogen-bond acceptors (Lipinski definition) is 7. The maximum absolute atomic E-state index is 11.3. The predicted molar refractivity (Wildman–Crippen MR) is 106 cm³/mol. The van der Waals surface area contributed by atoms with Gasteiger partial charge in [0.2, 0.25) is 11.5 Å². The largest absolute Gasteiger partial charge is 0.504 e. The Bertz CT molecular complexity index is 788. The van der Waals surface area contributed by atoms with Gasteiger partial charge in [-0.1, -0.05) is 32.1 Å². The van der Waals surface area contributed by atoms with Gasteiger partial charge in [-0.05, 0) is 26.2 Å². The van der Waals surface area contributed by atoms with Crippen LogP contribution in [0, 0.1) is 6.92 Å². The molecule has 0 aliphatic heterocycles. The van der Waals surface area contributed by atoms with Crippen LogP contribution in [0.5, 0.6) is 23.0 Å². The molecule has 0 aromatic heterocycles. The van der Waals surface area contributed by atoms with Gasteiger partial charge in [-0.2, -0.15) is 8.42 Å². The van der Waals surface area contributed by atoms with E-state index in [1.54, 1.807) is 6.92 Å². The number of phenols is 1. The van der Waals surface area contributed by atoms with Crippen LogP contribution in [-0.4, -0.2) is 43.4 Å². The van der Waals surface area contributed by atoms with E-state index < -0.39 is 16.4 Å². The van der Waals surface area contributed by atoms with E-state index in [9.17, 15) is 18.3 Å². The molecule has 0 bridgehead atoms. The monoisotopic (exact) mass is 434 g/mol. The number of rotatable bonds is 14. The van der Waals surface area contributed by atoms with Gasteiger partial charge in [-0.25, -0.2) is 0 Å². The van der Waals surface area contributed by atoms with E-state index in [-0.39, 0.29) is 29.4 Å². The fourth-order valence-corrected chi connectivity index (χ4v) is 3.55. The van der Waals surface area contributed by atoms with Crippen molar-refractivity contribution in [3.8, 4) is 23.0 Å². The zero-order valence-corrected chi connectivity index (χ0v) is 17.9. The summed E-state index contributed by atoms with van der Waals surface area (Å²) in [5.41, 5.74) is 0.800. The molecule has 0 aliphatic rings. The predicted octanol–water partition coefficient (Wildman–Crippen LogP) is 3.65. The highest BCUT2D eigenvalue weighted by molar-refractivity contribution is 7.81. The number of aromatic hydroxyl groups is 1. The van der Waals surface area contributed by atoms with Crippen molar-refractivity contribution in [2.45, 2.75) is 64.7 Å². The second kappa shape index (κ2) is 11.7. The maximum atomic E-state index is 11.3. The number of aliphatic carboxylic acids is 1. The van der Waals surface area contributed by atoms with E-state index in [1.165, 1.54) is 14.2 Å². The molecule has 0 saturated heterocycles. The molecule has 0 saturated carbocycles. The maximum Gasteiger partial charge on any atom is 0.446 e. The zero-order chi connectivity index (χ0) is 22.0. The number of ether oxygens (including phenoxy) is 2. The third kappa shape index (κ3) is 7.98. The fraction of sp³-hybridized carbons (Fsp3) is 0.632. The normalized spacial score (nSPS) is 11.3. The molecule has 0 atom stereocenters. The molecule has 10 heteroatoms. The van der Waals surface area contributed by atoms with Crippen LogP contribution in [-0.2, 0) is 21.6 Å².